The molecule has 0 saturated carbocycles. The highest BCUT2D eigenvalue weighted by molar-refractivity contribution is 7.89. The average Bonchev–Trinajstić information content (AvgIpc) is 2.70. The lowest BCUT2D eigenvalue weighted by Crippen LogP contribution is -2.30. The number of sulfonamides is 1. The molecule has 2 aromatic carbocycles. The van der Waals surface area contributed by atoms with Gasteiger partial charge >= 0.3 is 0 Å². The van der Waals surface area contributed by atoms with Crippen molar-refractivity contribution in [2.75, 3.05) is 44.0 Å². The lowest BCUT2D eigenvalue weighted by molar-refractivity contribution is 0.102. The van der Waals surface area contributed by atoms with Crippen LogP contribution >= 0.6 is 0 Å². The van der Waals surface area contributed by atoms with E-state index in [0.29, 0.717) is 36.7 Å². The second-order valence-corrected chi connectivity index (χ2v) is 8.52. The molecule has 1 N–H and O–H groups in total. The van der Waals surface area contributed by atoms with Gasteiger partial charge in [0.15, 0.2) is 0 Å². The maximum atomic E-state index is 12.9. The molecule has 0 aromatic heterocycles. The molecule has 2 rings (SSSR count). The minimum absolute atomic E-state index is 0.113. The van der Waals surface area contributed by atoms with Crippen LogP contribution in [0.1, 0.15) is 31.1 Å². The van der Waals surface area contributed by atoms with Gasteiger partial charge in [0.1, 0.15) is 5.75 Å². The highest BCUT2D eigenvalue weighted by atomic mass is 32.2. The molecule has 2 aromatic rings. The van der Waals surface area contributed by atoms with Gasteiger partial charge in [-0.25, -0.2) is 8.42 Å². The molecule has 1 amide bonds. The van der Waals surface area contributed by atoms with E-state index in [1.807, 2.05) is 32.0 Å². The molecule has 0 saturated heterocycles. The van der Waals surface area contributed by atoms with Crippen molar-refractivity contribution < 1.29 is 17.9 Å². The smallest absolute Gasteiger partial charge is 0.255 e. The molecule has 0 unspecified atom stereocenters. The van der Waals surface area contributed by atoms with Crippen LogP contribution in [-0.4, -0.2) is 52.4 Å². The van der Waals surface area contributed by atoms with Crippen molar-refractivity contribution in [2.45, 2.75) is 25.7 Å². The summed E-state index contributed by atoms with van der Waals surface area (Å²) in [6, 6.07) is 11.7. The minimum atomic E-state index is -3.65. The van der Waals surface area contributed by atoms with E-state index in [2.05, 4.69) is 5.32 Å². The summed E-state index contributed by atoms with van der Waals surface area (Å²) in [4.78, 5) is 14.8. The number of ether oxygens (including phenoxy) is 1. The molecule has 0 aliphatic heterocycles. The second-order valence-electron chi connectivity index (χ2n) is 6.58. The standard InChI is InChI=1S/C21H29N3O4S/c1-6-24(7-2)29(26,27)18-12-13-20(28-8-3)19(15-18)22-21(25)16-10-9-11-17(14-16)23(4)5/h9-15H,6-8H2,1-5H3,(H,22,25). The van der Waals surface area contributed by atoms with Crippen molar-refractivity contribution in [1.29, 1.82) is 0 Å². The maximum absolute atomic E-state index is 12.9. The fourth-order valence-electron chi connectivity index (χ4n) is 2.88. The summed E-state index contributed by atoms with van der Waals surface area (Å²) in [6.07, 6.45) is 0. The van der Waals surface area contributed by atoms with E-state index in [1.54, 1.807) is 38.1 Å². The van der Waals surface area contributed by atoms with Crippen molar-refractivity contribution in [3.8, 4) is 5.75 Å². The molecular weight excluding hydrogens is 390 g/mol. The number of carbonyl (C=O) groups is 1. The lowest BCUT2D eigenvalue weighted by atomic mass is 10.1. The lowest BCUT2D eigenvalue weighted by Gasteiger charge is -2.20. The van der Waals surface area contributed by atoms with Gasteiger partial charge in [0.05, 0.1) is 17.2 Å². The van der Waals surface area contributed by atoms with Gasteiger partial charge in [-0.05, 0) is 43.3 Å². The quantitative estimate of drug-likeness (QED) is 0.674. The first-order valence-corrected chi connectivity index (χ1v) is 11.0. The Morgan fingerprint density at radius 1 is 1.03 bits per heavy atom. The van der Waals surface area contributed by atoms with Crippen molar-refractivity contribution in [3.63, 3.8) is 0 Å². The van der Waals surface area contributed by atoms with Crippen molar-refractivity contribution in [3.05, 3.63) is 48.0 Å². The number of carbonyl (C=O) groups excluding carboxylic acids is 1. The first-order chi connectivity index (χ1) is 13.7. The van der Waals surface area contributed by atoms with Gasteiger partial charge in [-0.1, -0.05) is 19.9 Å². The number of nitrogens with one attached hydrogen (secondary N) is 1. The Morgan fingerprint density at radius 2 is 1.72 bits per heavy atom. The molecule has 0 fully saturated rings. The first-order valence-electron chi connectivity index (χ1n) is 9.60. The van der Waals surface area contributed by atoms with Crippen LogP contribution in [0.3, 0.4) is 0 Å². The number of rotatable bonds is 9. The molecule has 0 heterocycles. The van der Waals surface area contributed by atoms with Crippen molar-refractivity contribution >= 4 is 27.3 Å². The molecule has 7 nitrogen and oxygen atoms in total. The monoisotopic (exact) mass is 419 g/mol. The van der Waals surface area contributed by atoms with Crippen LogP contribution in [0, 0.1) is 0 Å². The van der Waals surface area contributed by atoms with Crippen LogP contribution < -0.4 is 15.0 Å². The summed E-state index contributed by atoms with van der Waals surface area (Å²) in [5, 5.41) is 2.80. The number of benzene rings is 2. The predicted octanol–water partition coefficient (Wildman–Crippen LogP) is 3.43. The third-order valence-corrected chi connectivity index (χ3v) is 6.51. The van der Waals surface area contributed by atoms with E-state index in [1.165, 1.54) is 16.4 Å². The predicted molar refractivity (Wildman–Crippen MR) is 116 cm³/mol. The highest BCUT2D eigenvalue weighted by Crippen LogP contribution is 2.30. The van der Waals surface area contributed by atoms with Gasteiger partial charge < -0.3 is 15.0 Å². The molecule has 0 radical (unpaired) electrons. The summed E-state index contributed by atoms with van der Waals surface area (Å²) in [5.41, 5.74) is 1.68. The molecule has 29 heavy (non-hydrogen) atoms. The van der Waals surface area contributed by atoms with Gasteiger partial charge in [-0.15, -0.1) is 0 Å². The Hall–Kier alpha value is -2.58. The van der Waals surface area contributed by atoms with Crippen LogP contribution in [0.25, 0.3) is 0 Å². The van der Waals surface area contributed by atoms with Gasteiger partial charge in [-0.3, -0.25) is 4.79 Å². The fraction of sp³-hybridized carbons (Fsp3) is 0.381. The van der Waals surface area contributed by atoms with E-state index in [0.717, 1.165) is 5.69 Å². The van der Waals surface area contributed by atoms with Crippen LogP contribution in [0.4, 0.5) is 11.4 Å². The van der Waals surface area contributed by atoms with Crippen LogP contribution in [-0.2, 0) is 10.0 Å². The van der Waals surface area contributed by atoms with Gasteiger partial charge in [-0.2, -0.15) is 4.31 Å². The highest BCUT2D eigenvalue weighted by Gasteiger charge is 2.23. The number of nitrogens with zero attached hydrogens (tertiary/aromatic N) is 2. The van der Waals surface area contributed by atoms with E-state index in [9.17, 15) is 13.2 Å². The van der Waals surface area contributed by atoms with Gasteiger partial charge in [0.25, 0.3) is 5.91 Å². The zero-order valence-corrected chi connectivity index (χ0v) is 18.4. The molecule has 0 spiro atoms. The van der Waals surface area contributed by atoms with E-state index in [-0.39, 0.29) is 10.8 Å². The Balaban J connectivity index is 2.42. The Bertz CT molecular complexity index is 954. The third kappa shape index (κ3) is 5.27. The Morgan fingerprint density at radius 3 is 2.31 bits per heavy atom. The summed E-state index contributed by atoms with van der Waals surface area (Å²) in [7, 11) is 0.135. The fourth-order valence-corrected chi connectivity index (χ4v) is 4.37. The molecular formula is C21H29N3O4S. The zero-order valence-electron chi connectivity index (χ0n) is 17.6. The van der Waals surface area contributed by atoms with Crippen molar-refractivity contribution in [2.24, 2.45) is 0 Å². The molecule has 0 atom stereocenters. The van der Waals surface area contributed by atoms with Crippen LogP contribution in [0.2, 0.25) is 0 Å². The topological polar surface area (TPSA) is 79.0 Å². The van der Waals surface area contributed by atoms with E-state index >= 15 is 0 Å². The van der Waals surface area contributed by atoms with Gasteiger partial charge in [0, 0.05) is 38.4 Å². The Kier molecular flexibility index (Phi) is 7.64. The summed E-state index contributed by atoms with van der Waals surface area (Å²) in [5.74, 6) is 0.0788. The number of anilines is 2. The molecule has 0 bridgehead atoms. The molecule has 0 aliphatic carbocycles. The van der Waals surface area contributed by atoms with Crippen molar-refractivity contribution in [1.82, 2.24) is 4.31 Å². The summed E-state index contributed by atoms with van der Waals surface area (Å²) >= 11 is 0. The second kappa shape index (κ2) is 9.76. The zero-order chi connectivity index (χ0) is 21.6. The van der Waals surface area contributed by atoms with Gasteiger partial charge in [0.2, 0.25) is 10.0 Å². The number of hydrogen-bond acceptors (Lipinski definition) is 5. The molecule has 8 heteroatoms. The number of hydrogen-bond donors (Lipinski definition) is 1. The maximum Gasteiger partial charge on any atom is 0.255 e. The summed E-state index contributed by atoms with van der Waals surface area (Å²) in [6.45, 7) is 6.52. The normalized spacial score (nSPS) is 11.4. The van der Waals surface area contributed by atoms with E-state index in [4.69, 9.17) is 4.74 Å². The average molecular weight is 420 g/mol. The van der Waals surface area contributed by atoms with Crippen LogP contribution in [0.5, 0.6) is 5.75 Å². The number of amides is 1. The largest absolute Gasteiger partial charge is 0.492 e. The molecule has 0 aliphatic rings. The molecule has 158 valence electrons. The SMILES string of the molecule is CCOc1ccc(S(=O)(=O)N(CC)CC)cc1NC(=O)c1cccc(N(C)C)c1. The minimum Gasteiger partial charge on any atom is -0.492 e. The van der Waals surface area contributed by atoms with E-state index < -0.39 is 10.0 Å². The first kappa shape index (κ1) is 22.7. The van der Waals surface area contributed by atoms with Crippen LogP contribution in [0.15, 0.2) is 47.4 Å². The Labute approximate surface area is 173 Å². The summed E-state index contributed by atoms with van der Waals surface area (Å²) < 4.78 is 32.7. The third-order valence-electron chi connectivity index (χ3n) is 4.47.